The molecule has 1 saturated heterocycles. The van der Waals surface area contributed by atoms with E-state index in [-0.39, 0.29) is 18.7 Å². The fourth-order valence-corrected chi connectivity index (χ4v) is 4.06. The Balaban J connectivity index is 1.25. The van der Waals surface area contributed by atoms with Gasteiger partial charge < -0.3 is 9.47 Å². The Bertz CT molecular complexity index is 922. The number of benzene rings is 2. The van der Waals surface area contributed by atoms with Crippen LogP contribution in [0, 0.1) is 0 Å². The second-order valence-corrected chi connectivity index (χ2v) is 7.76. The molecule has 5 nitrogen and oxygen atoms in total. The van der Waals surface area contributed by atoms with E-state index >= 15 is 0 Å². The van der Waals surface area contributed by atoms with Gasteiger partial charge in [0.15, 0.2) is 0 Å². The predicted octanol–water partition coefficient (Wildman–Crippen LogP) is 3.75. The number of rotatable bonds is 6. The monoisotopic (exact) mass is 394 g/mol. The number of ether oxygens (including phenoxy) is 2. The SMILES string of the molecule is O=C(/C=C/c1nc2ccccc2s1)OCC1CN(Cc2ccccc2)CCO1. The van der Waals surface area contributed by atoms with Crippen LogP contribution in [0.1, 0.15) is 10.6 Å². The van der Waals surface area contributed by atoms with E-state index in [1.807, 2.05) is 42.5 Å². The van der Waals surface area contributed by atoms with Gasteiger partial charge in [-0.3, -0.25) is 4.90 Å². The smallest absolute Gasteiger partial charge is 0.330 e. The summed E-state index contributed by atoms with van der Waals surface area (Å²) < 4.78 is 12.2. The highest BCUT2D eigenvalue weighted by Gasteiger charge is 2.21. The second-order valence-electron chi connectivity index (χ2n) is 6.70. The van der Waals surface area contributed by atoms with Crippen molar-refractivity contribution in [2.24, 2.45) is 0 Å². The zero-order chi connectivity index (χ0) is 19.2. The maximum Gasteiger partial charge on any atom is 0.330 e. The highest BCUT2D eigenvalue weighted by molar-refractivity contribution is 7.19. The first-order chi connectivity index (χ1) is 13.8. The minimum absolute atomic E-state index is 0.0998. The first-order valence-electron chi connectivity index (χ1n) is 9.34. The largest absolute Gasteiger partial charge is 0.460 e. The van der Waals surface area contributed by atoms with E-state index in [0.717, 1.165) is 34.9 Å². The number of hydrogen-bond donors (Lipinski definition) is 0. The lowest BCUT2D eigenvalue weighted by molar-refractivity contribution is -0.144. The Morgan fingerprint density at radius 3 is 2.89 bits per heavy atom. The summed E-state index contributed by atoms with van der Waals surface area (Å²) in [5.41, 5.74) is 2.22. The molecule has 0 N–H and O–H groups in total. The van der Waals surface area contributed by atoms with Crippen LogP contribution in [-0.4, -0.2) is 48.3 Å². The number of hydrogen-bond acceptors (Lipinski definition) is 6. The second kappa shape index (κ2) is 9.10. The predicted molar refractivity (Wildman–Crippen MR) is 111 cm³/mol. The zero-order valence-corrected chi connectivity index (χ0v) is 16.3. The summed E-state index contributed by atoms with van der Waals surface area (Å²) in [4.78, 5) is 18.9. The van der Waals surface area contributed by atoms with E-state index in [0.29, 0.717) is 6.61 Å². The first-order valence-corrected chi connectivity index (χ1v) is 10.2. The van der Waals surface area contributed by atoms with Gasteiger partial charge >= 0.3 is 5.97 Å². The molecule has 0 spiro atoms. The third-order valence-electron chi connectivity index (χ3n) is 4.56. The first kappa shape index (κ1) is 18.8. The van der Waals surface area contributed by atoms with Crippen molar-refractivity contribution in [1.29, 1.82) is 0 Å². The molecular weight excluding hydrogens is 372 g/mol. The topological polar surface area (TPSA) is 51.7 Å². The van der Waals surface area contributed by atoms with E-state index < -0.39 is 0 Å². The number of thiazole rings is 1. The third-order valence-corrected chi connectivity index (χ3v) is 5.56. The molecule has 1 atom stereocenters. The van der Waals surface area contributed by atoms with Crippen molar-refractivity contribution in [2.75, 3.05) is 26.3 Å². The Morgan fingerprint density at radius 2 is 2.04 bits per heavy atom. The number of esters is 1. The average Bonchev–Trinajstić information content (AvgIpc) is 3.15. The molecule has 4 rings (SSSR count). The molecule has 6 heteroatoms. The van der Waals surface area contributed by atoms with Crippen LogP contribution in [0.5, 0.6) is 0 Å². The summed E-state index contributed by atoms with van der Waals surface area (Å²) in [5.74, 6) is -0.372. The minimum atomic E-state index is -0.372. The van der Waals surface area contributed by atoms with Gasteiger partial charge in [0.05, 0.1) is 16.8 Å². The normalized spacial score (nSPS) is 17.9. The molecule has 1 aromatic heterocycles. The molecule has 0 bridgehead atoms. The van der Waals surface area contributed by atoms with Gasteiger partial charge in [-0.1, -0.05) is 42.5 Å². The summed E-state index contributed by atoms with van der Waals surface area (Å²) in [7, 11) is 0. The van der Waals surface area contributed by atoms with Crippen molar-refractivity contribution in [2.45, 2.75) is 12.6 Å². The van der Waals surface area contributed by atoms with Gasteiger partial charge in [-0.05, 0) is 23.8 Å². The lowest BCUT2D eigenvalue weighted by atomic mass is 10.2. The average molecular weight is 394 g/mol. The molecule has 0 radical (unpaired) electrons. The molecule has 144 valence electrons. The number of carbonyl (C=O) groups excluding carboxylic acids is 1. The number of para-hydroxylation sites is 1. The minimum Gasteiger partial charge on any atom is -0.460 e. The number of nitrogens with zero attached hydrogens (tertiary/aromatic N) is 2. The molecule has 0 aliphatic carbocycles. The van der Waals surface area contributed by atoms with Crippen LogP contribution in [0.4, 0.5) is 0 Å². The molecule has 0 saturated carbocycles. The van der Waals surface area contributed by atoms with Gasteiger partial charge in [0.25, 0.3) is 0 Å². The molecular formula is C22H22N2O3S. The van der Waals surface area contributed by atoms with E-state index in [2.05, 4.69) is 22.0 Å². The zero-order valence-electron chi connectivity index (χ0n) is 15.5. The van der Waals surface area contributed by atoms with E-state index in [1.54, 1.807) is 17.4 Å². The van der Waals surface area contributed by atoms with Crippen LogP contribution in [0.2, 0.25) is 0 Å². The Morgan fingerprint density at radius 1 is 1.21 bits per heavy atom. The Labute approximate surface area is 168 Å². The molecule has 1 unspecified atom stereocenters. The molecule has 28 heavy (non-hydrogen) atoms. The maximum atomic E-state index is 12.0. The van der Waals surface area contributed by atoms with Crippen LogP contribution in [-0.2, 0) is 20.8 Å². The van der Waals surface area contributed by atoms with E-state index in [1.165, 1.54) is 11.6 Å². The van der Waals surface area contributed by atoms with Crippen molar-refractivity contribution >= 4 is 33.6 Å². The molecule has 2 aromatic carbocycles. The summed E-state index contributed by atoms with van der Waals surface area (Å²) >= 11 is 1.55. The van der Waals surface area contributed by atoms with Crippen LogP contribution in [0.25, 0.3) is 16.3 Å². The van der Waals surface area contributed by atoms with Crippen molar-refractivity contribution in [3.63, 3.8) is 0 Å². The van der Waals surface area contributed by atoms with E-state index in [9.17, 15) is 4.79 Å². The maximum absolute atomic E-state index is 12.0. The Hall–Kier alpha value is -2.54. The summed E-state index contributed by atoms with van der Waals surface area (Å²) in [6.07, 6.45) is 3.04. The van der Waals surface area contributed by atoms with Crippen molar-refractivity contribution in [3.8, 4) is 0 Å². The quantitative estimate of drug-likeness (QED) is 0.471. The van der Waals surface area contributed by atoms with Gasteiger partial charge in [-0.15, -0.1) is 11.3 Å². The fourth-order valence-electron chi connectivity index (χ4n) is 3.19. The Kier molecular flexibility index (Phi) is 6.11. The van der Waals surface area contributed by atoms with Gasteiger partial charge in [0.2, 0.25) is 0 Å². The molecule has 2 heterocycles. The van der Waals surface area contributed by atoms with Crippen LogP contribution < -0.4 is 0 Å². The van der Waals surface area contributed by atoms with Crippen LogP contribution in [0.3, 0.4) is 0 Å². The van der Waals surface area contributed by atoms with Gasteiger partial charge in [0, 0.05) is 25.7 Å². The van der Waals surface area contributed by atoms with Crippen molar-refractivity contribution in [1.82, 2.24) is 9.88 Å². The molecule has 1 aliphatic rings. The number of aromatic nitrogens is 1. The van der Waals surface area contributed by atoms with Gasteiger partial charge in [-0.25, -0.2) is 9.78 Å². The van der Waals surface area contributed by atoms with E-state index in [4.69, 9.17) is 9.47 Å². The van der Waals surface area contributed by atoms with Crippen molar-refractivity contribution in [3.05, 3.63) is 71.2 Å². The van der Waals surface area contributed by atoms with Crippen LogP contribution in [0.15, 0.2) is 60.7 Å². The molecule has 3 aromatic rings. The summed E-state index contributed by atoms with van der Waals surface area (Å²) in [6.45, 7) is 3.43. The highest BCUT2D eigenvalue weighted by Crippen LogP contribution is 2.22. The lowest BCUT2D eigenvalue weighted by Gasteiger charge is -2.32. The number of morpholine rings is 1. The number of carbonyl (C=O) groups is 1. The lowest BCUT2D eigenvalue weighted by Crippen LogP contribution is -2.44. The highest BCUT2D eigenvalue weighted by atomic mass is 32.1. The number of fused-ring (bicyclic) bond motifs is 1. The third kappa shape index (κ3) is 5.04. The molecule has 1 fully saturated rings. The van der Waals surface area contributed by atoms with Crippen molar-refractivity contribution < 1.29 is 14.3 Å². The molecule has 1 aliphatic heterocycles. The summed E-state index contributed by atoms with van der Waals surface area (Å²) in [6, 6.07) is 18.3. The fraction of sp³-hybridized carbons (Fsp3) is 0.273. The standard InChI is InChI=1S/C22H22N2O3S/c25-22(11-10-21-23-19-8-4-5-9-20(19)28-21)27-16-18-15-24(12-13-26-18)14-17-6-2-1-3-7-17/h1-11,18H,12-16H2/b11-10+. The van der Waals surface area contributed by atoms with Gasteiger partial charge in [0.1, 0.15) is 17.7 Å². The summed E-state index contributed by atoms with van der Waals surface area (Å²) in [5, 5.41) is 0.793. The van der Waals surface area contributed by atoms with Gasteiger partial charge in [-0.2, -0.15) is 0 Å². The van der Waals surface area contributed by atoms with Crippen LogP contribution >= 0.6 is 11.3 Å². The molecule has 0 amide bonds.